The molecule has 0 N–H and O–H groups in total. The Kier molecular flexibility index (Phi) is 5.14. The molecule has 1 aromatic heterocycles. The highest BCUT2D eigenvalue weighted by atomic mass is 14.7. The Bertz CT molecular complexity index is 681. The molecule has 1 heteroatoms. The van der Waals surface area contributed by atoms with Crippen molar-refractivity contribution in [2.45, 2.75) is 90.4 Å². The Morgan fingerprint density at radius 3 is 2.29 bits per heavy atom. The molecule has 132 valence electrons. The number of pyridine rings is 1. The fraction of sp³-hybridized carbons (Fsp3) is 0.696. The second kappa shape index (κ2) is 9.39. The van der Waals surface area contributed by atoms with E-state index in [0.717, 1.165) is 38.5 Å². The van der Waals surface area contributed by atoms with Crippen LogP contribution in [0.3, 0.4) is 0 Å². The van der Waals surface area contributed by atoms with Gasteiger partial charge in [0.05, 0.1) is 11.2 Å². The van der Waals surface area contributed by atoms with Gasteiger partial charge >= 0.3 is 0 Å². The van der Waals surface area contributed by atoms with Gasteiger partial charge in [-0.25, -0.2) is 0 Å². The lowest BCUT2D eigenvalue weighted by molar-refractivity contribution is 0.328. The van der Waals surface area contributed by atoms with Gasteiger partial charge in [0.15, 0.2) is 0 Å². The highest BCUT2D eigenvalue weighted by Gasteiger charge is 2.25. The van der Waals surface area contributed by atoms with Crippen molar-refractivity contribution in [3.63, 3.8) is 0 Å². The minimum absolute atomic E-state index is 0.0284. The molecule has 0 radical (unpaired) electrons. The molecule has 2 aliphatic rings. The van der Waals surface area contributed by atoms with Gasteiger partial charge < -0.3 is 0 Å². The normalized spacial score (nSPS) is 22.4. The lowest BCUT2D eigenvalue weighted by atomic mass is 9.73. The molecule has 0 aliphatic heterocycles. The van der Waals surface area contributed by atoms with E-state index in [1.807, 2.05) is 0 Å². The van der Waals surface area contributed by atoms with Crippen molar-refractivity contribution < 1.29 is 5.48 Å². The Balaban J connectivity index is 2.07. The van der Waals surface area contributed by atoms with Crippen molar-refractivity contribution >= 4 is 6.05 Å². The Hall–Kier alpha value is -1.11. The number of aryl methyl sites for hydroxylation is 1. The summed E-state index contributed by atoms with van der Waals surface area (Å²) in [4.78, 5) is 4.64. The van der Waals surface area contributed by atoms with Crippen LogP contribution in [0.15, 0.2) is 23.7 Å². The summed E-state index contributed by atoms with van der Waals surface area (Å²) < 4.78 is 34.0. The third kappa shape index (κ3) is 4.94. The molecule has 0 aromatic carbocycles. The van der Waals surface area contributed by atoms with Gasteiger partial charge in [0.25, 0.3) is 0 Å². The van der Waals surface area contributed by atoms with Gasteiger partial charge in [-0.1, -0.05) is 63.5 Å². The first-order valence-electron chi connectivity index (χ1n) is 12.2. The average molecular weight is 330 g/mol. The standard InChI is InChI=1S/C23H35N/c1-2-3-15-21-16-10-17-22(24-21)18-23(19-11-6-4-7-12-19)20-13-8-5-9-14-20/h10,16-20H,2-9,11-15H2,1H3/i10D,16D,17D,18D. The number of unbranched alkanes of at least 4 members (excludes halogenated alkanes) is 1. The minimum atomic E-state index is -0.0625. The van der Waals surface area contributed by atoms with Crippen molar-refractivity contribution in [1.29, 1.82) is 0 Å². The zero-order valence-corrected chi connectivity index (χ0v) is 15.3. The van der Waals surface area contributed by atoms with E-state index in [0.29, 0.717) is 35.7 Å². The average Bonchev–Trinajstić information content (AvgIpc) is 2.73. The summed E-state index contributed by atoms with van der Waals surface area (Å²) in [7, 11) is 0. The first-order chi connectivity index (χ1) is 13.5. The van der Waals surface area contributed by atoms with Gasteiger partial charge in [-0.3, -0.25) is 4.98 Å². The summed E-state index contributed by atoms with van der Waals surface area (Å²) in [6.07, 6.45) is 14.7. The third-order valence-corrected chi connectivity index (χ3v) is 5.75. The molecule has 0 amide bonds. The van der Waals surface area contributed by atoms with Crippen molar-refractivity contribution in [2.75, 3.05) is 0 Å². The Morgan fingerprint density at radius 2 is 1.71 bits per heavy atom. The van der Waals surface area contributed by atoms with Crippen molar-refractivity contribution in [2.24, 2.45) is 11.8 Å². The van der Waals surface area contributed by atoms with Crippen LogP contribution in [-0.4, -0.2) is 4.98 Å². The van der Waals surface area contributed by atoms with Gasteiger partial charge in [-0.2, -0.15) is 0 Å². The fourth-order valence-corrected chi connectivity index (χ4v) is 4.38. The first kappa shape index (κ1) is 13.1. The summed E-state index contributed by atoms with van der Waals surface area (Å²) in [5.41, 5.74) is 2.17. The molecule has 1 aromatic rings. The topological polar surface area (TPSA) is 12.9 Å². The SMILES string of the molecule is [2H]C(=C(C1CCCCC1)C1CCCCC1)c1nc(CCCC)c([2H])c([2H])c1[2H]. The van der Waals surface area contributed by atoms with Crippen molar-refractivity contribution in [3.8, 4) is 0 Å². The number of rotatable bonds is 6. The van der Waals surface area contributed by atoms with Crippen LogP contribution < -0.4 is 0 Å². The van der Waals surface area contributed by atoms with Crippen LogP contribution in [0.2, 0.25) is 0 Å². The monoisotopic (exact) mass is 329 g/mol. The molecule has 0 saturated heterocycles. The minimum Gasteiger partial charge on any atom is -0.253 e. The molecule has 2 saturated carbocycles. The predicted octanol–water partition coefficient (Wildman–Crippen LogP) is 6.97. The van der Waals surface area contributed by atoms with Crippen LogP contribution in [0.1, 0.15) is 101 Å². The molecule has 2 fully saturated rings. The maximum atomic E-state index is 9.08. The molecule has 24 heavy (non-hydrogen) atoms. The van der Waals surface area contributed by atoms with Gasteiger partial charge in [0.1, 0.15) is 0 Å². The smallest absolute Gasteiger partial charge is 0.0646 e. The Labute approximate surface area is 154 Å². The lowest BCUT2D eigenvalue weighted by Gasteiger charge is -2.32. The summed E-state index contributed by atoms with van der Waals surface area (Å²) in [5, 5.41) is 0. The van der Waals surface area contributed by atoms with Gasteiger partial charge in [0.2, 0.25) is 0 Å². The summed E-state index contributed by atoms with van der Waals surface area (Å²) >= 11 is 0. The van der Waals surface area contributed by atoms with Crippen molar-refractivity contribution in [1.82, 2.24) is 4.98 Å². The quantitative estimate of drug-likeness (QED) is 0.549. The predicted molar refractivity (Wildman–Crippen MR) is 104 cm³/mol. The highest BCUT2D eigenvalue weighted by Crippen LogP contribution is 2.40. The molecule has 0 bridgehead atoms. The Morgan fingerprint density at radius 1 is 1.08 bits per heavy atom. The largest absolute Gasteiger partial charge is 0.253 e. The van der Waals surface area contributed by atoms with Crippen LogP contribution in [0.5, 0.6) is 0 Å². The van der Waals surface area contributed by atoms with Gasteiger partial charge in [0, 0.05) is 5.69 Å². The molecule has 3 rings (SSSR count). The van der Waals surface area contributed by atoms with Crippen LogP contribution in [0.4, 0.5) is 0 Å². The van der Waals surface area contributed by atoms with Gasteiger partial charge in [-0.15, -0.1) is 0 Å². The number of allylic oxidation sites excluding steroid dienone is 1. The zero-order chi connectivity index (χ0) is 20.1. The van der Waals surface area contributed by atoms with Crippen LogP contribution in [0.25, 0.3) is 6.05 Å². The van der Waals surface area contributed by atoms with Crippen LogP contribution >= 0.6 is 0 Å². The number of hydrogen-bond donors (Lipinski definition) is 0. The maximum absolute atomic E-state index is 9.08. The number of nitrogens with zero attached hydrogens (tertiary/aromatic N) is 1. The van der Waals surface area contributed by atoms with Crippen LogP contribution in [0, 0.1) is 11.8 Å². The molecule has 0 spiro atoms. The second-order valence-electron chi connectivity index (χ2n) is 7.64. The molecule has 2 aliphatic carbocycles. The van der Waals surface area contributed by atoms with Crippen molar-refractivity contribution in [3.05, 3.63) is 35.1 Å². The van der Waals surface area contributed by atoms with E-state index >= 15 is 0 Å². The second-order valence-corrected chi connectivity index (χ2v) is 7.64. The molecule has 1 nitrogen and oxygen atoms in total. The van der Waals surface area contributed by atoms with E-state index in [1.165, 1.54) is 44.1 Å². The number of hydrogen-bond acceptors (Lipinski definition) is 1. The van der Waals surface area contributed by atoms with E-state index in [1.54, 1.807) is 0 Å². The molecular formula is C23H35N. The van der Waals surface area contributed by atoms with E-state index in [2.05, 4.69) is 11.9 Å². The number of aromatic nitrogens is 1. The van der Waals surface area contributed by atoms with E-state index in [-0.39, 0.29) is 18.1 Å². The van der Waals surface area contributed by atoms with E-state index in [9.17, 15) is 0 Å². The summed E-state index contributed by atoms with van der Waals surface area (Å²) in [6, 6.07) is 0.397. The highest BCUT2D eigenvalue weighted by molar-refractivity contribution is 5.51. The van der Waals surface area contributed by atoms with Gasteiger partial charge in [-0.05, 0) is 68.5 Å². The van der Waals surface area contributed by atoms with E-state index < -0.39 is 0 Å². The molecule has 0 atom stereocenters. The van der Waals surface area contributed by atoms with E-state index in [4.69, 9.17) is 5.48 Å². The molecule has 0 unspecified atom stereocenters. The molecule has 1 heterocycles. The summed E-state index contributed by atoms with van der Waals surface area (Å²) in [5.74, 6) is 0.879. The summed E-state index contributed by atoms with van der Waals surface area (Å²) in [6.45, 7) is 2.10. The first-order valence-corrected chi connectivity index (χ1v) is 10.2. The fourth-order valence-electron chi connectivity index (χ4n) is 4.38. The molecular weight excluding hydrogens is 290 g/mol. The van der Waals surface area contributed by atoms with Crippen LogP contribution in [-0.2, 0) is 6.42 Å². The lowest BCUT2D eigenvalue weighted by Crippen LogP contribution is -2.18. The third-order valence-electron chi connectivity index (χ3n) is 5.75. The zero-order valence-electron chi connectivity index (χ0n) is 19.3. The maximum Gasteiger partial charge on any atom is 0.0646 e.